The van der Waals surface area contributed by atoms with Crippen LogP contribution in [0.1, 0.15) is 52.4 Å². The predicted molar refractivity (Wildman–Crippen MR) is 152 cm³/mol. The highest BCUT2D eigenvalue weighted by molar-refractivity contribution is 7.96. The summed E-state index contributed by atoms with van der Waals surface area (Å²) in [6.07, 6.45) is 2.72. The molecule has 7 nitrogen and oxygen atoms in total. The van der Waals surface area contributed by atoms with E-state index in [-0.39, 0.29) is 35.4 Å². The summed E-state index contributed by atoms with van der Waals surface area (Å²) >= 11 is 0. The van der Waals surface area contributed by atoms with Crippen molar-refractivity contribution in [2.45, 2.75) is 52.4 Å². The standard InChI is InChI=1S/C30H35O7P/c1-3-5-19-30(29(36)37,20-6-4-2)27(28(34)35)38(24-13-7-21(31)8-14-24,25-15-9-22(32)10-16-25)26-17-11-23(33)12-18-26/h7-18,31-33H,3-6,19-20H2,1-2H3,(H,34,35)(H,36,37). The van der Waals surface area contributed by atoms with Crippen LogP contribution >= 0.6 is 6.89 Å². The summed E-state index contributed by atoms with van der Waals surface area (Å²) in [5.41, 5.74) is -1.68. The monoisotopic (exact) mass is 538 g/mol. The van der Waals surface area contributed by atoms with Crippen molar-refractivity contribution in [3.8, 4) is 17.2 Å². The maximum Gasteiger partial charge on any atom is 0.333 e. The van der Waals surface area contributed by atoms with Crippen molar-refractivity contribution >= 4 is 40.0 Å². The molecular weight excluding hydrogens is 503 g/mol. The SMILES string of the molecule is CCCCC(CCCC)(C(=O)O)C(C(=O)O)=P(c1ccc(O)cc1)(c1ccc(O)cc1)c1ccc(O)cc1. The van der Waals surface area contributed by atoms with Crippen LogP contribution in [-0.4, -0.2) is 42.8 Å². The topological polar surface area (TPSA) is 135 Å². The smallest absolute Gasteiger partial charge is 0.333 e. The first-order valence-electron chi connectivity index (χ1n) is 12.8. The third kappa shape index (κ3) is 5.44. The third-order valence-corrected chi connectivity index (χ3v) is 11.5. The molecule has 3 rings (SSSR count). The first-order chi connectivity index (χ1) is 18.1. The van der Waals surface area contributed by atoms with Gasteiger partial charge in [-0.2, -0.15) is 0 Å². The highest BCUT2D eigenvalue weighted by Crippen LogP contribution is 2.53. The number of carbonyl (C=O) groups is 2. The average molecular weight is 539 g/mol. The minimum atomic E-state index is -3.43. The number of aliphatic carboxylic acids is 2. The van der Waals surface area contributed by atoms with E-state index >= 15 is 0 Å². The molecule has 0 amide bonds. The van der Waals surface area contributed by atoms with Gasteiger partial charge in [-0.1, -0.05) is 75.9 Å². The first-order valence-corrected chi connectivity index (χ1v) is 14.5. The van der Waals surface area contributed by atoms with E-state index in [9.17, 15) is 35.1 Å². The third-order valence-electron chi connectivity index (χ3n) is 7.03. The molecule has 202 valence electrons. The normalized spacial score (nSPS) is 11.7. The lowest BCUT2D eigenvalue weighted by molar-refractivity contribution is -0.147. The fraction of sp³-hybridized carbons (Fsp3) is 0.300. The van der Waals surface area contributed by atoms with Gasteiger partial charge < -0.3 is 25.5 Å². The Morgan fingerprint density at radius 2 is 0.947 bits per heavy atom. The number of aromatic hydroxyl groups is 3. The lowest BCUT2D eigenvalue weighted by Crippen LogP contribution is -2.48. The van der Waals surface area contributed by atoms with Crippen LogP contribution in [0.4, 0.5) is 0 Å². The summed E-state index contributed by atoms with van der Waals surface area (Å²) in [6, 6.07) is 18.6. The van der Waals surface area contributed by atoms with Crippen molar-refractivity contribution in [2.24, 2.45) is 5.41 Å². The zero-order chi connectivity index (χ0) is 27.9. The highest BCUT2D eigenvalue weighted by Gasteiger charge is 2.50. The summed E-state index contributed by atoms with van der Waals surface area (Å²) in [4.78, 5) is 26.8. The Kier molecular flexibility index (Phi) is 9.29. The van der Waals surface area contributed by atoms with Gasteiger partial charge in [-0.3, -0.25) is 4.79 Å². The van der Waals surface area contributed by atoms with Crippen LogP contribution in [0.5, 0.6) is 17.2 Å². The number of phenols is 3. The van der Waals surface area contributed by atoms with Gasteiger partial charge in [0.2, 0.25) is 0 Å². The maximum absolute atomic E-state index is 13.5. The molecule has 0 aliphatic heterocycles. The molecule has 0 bridgehead atoms. The second-order valence-corrected chi connectivity index (χ2v) is 12.8. The Bertz CT molecular complexity index is 1180. The number of carboxylic acids is 2. The molecule has 8 heteroatoms. The number of carboxylic acid groups (broad SMARTS) is 2. The summed E-state index contributed by atoms with van der Waals surface area (Å²) < 4.78 is 0. The number of rotatable bonds is 12. The molecule has 0 aliphatic rings. The largest absolute Gasteiger partial charge is 0.508 e. The van der Waals surface area contributed by atoms with E-state index in [1.807, 2.05) is 13.8 Å². The van der Waals surface area contributed by atoms with Crippen LogP contribution in [0.2, 0.25) is 0 Å². The zero-order valence-corrected chi connectivity index (χ0v) is 22.6. The minimum absolute atomic E-state index is 0.0124. The van der Waals surface area contributed by atoms with Crippen molar-refractivity contribution < 1.29 is 35.1 Å². The molecule has 38 heavy (non-hydrogen) atoms. The first kappa shape index (κ1) is 28.9. The van der Waals surface area contributed by atoms with Crippen molar-refractivity contribution in [3.63, 3.8) is 0 Å². The van der Waals surface area contributed by atoms with Crippen LogP contribution in [0.25, 0.3) is 0 Å². The summed E-state index contributed by atoms with van der Waals surface area (Å²) in [6.45, 7) is 0.447. The van der Waals surface area contributed by atoms with Gasteiger partial charge in [-0.15, -0.1) is 0 Å². The molecule has 0 heterocycles. The number of benzene rings is 3. The fourth-order valence-corrected chi connectivity index (χ4v) is 9.87. The molecule has 0 atom stereocenters. The Balaban J connectivity index is 2.74. The van der Waals surface area contributed by atoms with E-state index in [4.69, 9.17) is 0 Å². The Labute approximate surface area is 223 Å². The molecule has 5 N–H and O–H groups in total. The lowest BCUT2D eigenvalue weighted by atomic mass is 9.75. The number of hydrogen-bond donors (Lipinski definition) is 5. The van der Waals surface area contributed by atoms with Crippen LogP contribution in [0, 0.1) is 5.41 Å². The Morgan fingerprint density at radius 1 is 0.632 bits per heavy atom. The molecular formula is C30H35O7P. The van der Waals surface area contributed by atoms with Gasteiger partial charge in [0.05, 0.1) is 5.29 Å². The second kappa shape index (κ2) is 12.2. The van der Waals surface area contributed by atoms with Crippen LogP contribution < -0.4 is 15.9 Å². The molecule has 0 fully saturated rings. The van der Waals surface area contributed by atoms with Crippen LogP contribution in [0.15, 0.2) is 72.8 Å². The molecule has 3 aromatic carbocycles. The van der Waals surface area contributed by atoms with Crippen LogP contribution in [0.3, 0.4) is 0 Å². The Morgan fingerprint density at radius 3 is 1.18 bits per heavy atom. The van der Waals surface area contributed by atoms with E-state index < -0.39 is 24.2 Å². The summed E-state index contributed by atoms with van der Waals surface area (Å²) in [5, 5.41) is 53.7. The number of phenolic OH excluding ortho intramolecular Hbond substituents is 3. The van der Waals surface area contributed by atoms with Crippen molar-refractivity contribution in [3.05, 3.63) is 72.8 Å². The van der Waals surface area contributed by atoms with E-state index in [1.165, 1.54) is 36.4 Å². The van der Waals surface area contributed by atoms with E-state index in [0.717, 1.165) is 0 Å². The molecule has 0 aliphatic carbocycles. The van der Waals surface area contributed by atoms with Gasteiger partial charge >= 0.3 is 11.9 Å². The number of unbranched alkanes of at least 4 members (excludes halogenated alkanes) is 2. The lowest BCUT2D eigenvalue weighted by Gasteiger charge is -2.39. The molecule has 3 aromatic rings. The molecule has 0 saturated heterocycles. The predicted octanol–water partition coefficient (Wildman–Crippen LogP) is 4.81. The van der Waals surface area contributed by atoms with E-state index in [2.05, 4.69) is 0 Å². The van der Waals surface area contributed by atoms with Gasteiger partial charge in [0.1, 0.15) is 22.7 Å². The average Bonchev–Trinajstić information content (AvgIpc) is 2.89. The van der Waals surface area contributed by atoms with Crippen molar-refractivity contribution in [1.29, 1.82) is 0 Å². The van der Waals surface area contributed by atoms with Gasteiger partial charge in [0.15, 0.2) is 0 Å². The summed E-state index contributed by atoms with van der Waals surface area (Å²) in [7, 11) is 0. The minimum Gasteiger partial charge on any atom is -0.508 e. The fourth-order valence-electron chi connectivity index (χ4n) is 5.17. The maximum atomic E-state index is 13.5. The van der Waals surface area contributed by atoms with Crippen LogP contribution in [-0.2, 0) is 9.59 Å². The second-order valence-electron chi connectivity index (χ2n) is 9.47. The molecule has 0 aromatic heterocycles. The molecule has 0 saturated carbocycles. The molecule has 0 radical (unpaired) electrons. The van der Waals surface area contributed by atoms with E-state index in [1.54, 1.807) is 36.4 Å². The van der Waals surface area contributed by atoms with Gasteiger partial charge in [0.25, 0.3) is 0 Å². The van der Waals surface area contributed by atoms with Gasteiger partial charge in [0, 0.05) is 0 Å². The van der Waals surface area contributed by atoms with Crippen molar-refractivity contribution in [2.75, 3.05) is 0 Å². The van der Waals surface area contributed by atoms with Gasteiger partial charge in [-0.25, -0.2) is 4.79 Å². The van der Waals surface area contributed by atoms with Gasteiger partial charge in [-0.05, 0) is 72.0 Å². The Hall–Kier alpha value is -3.70. The molecule has 0 unspecified atom stereocenters. The number of hydrogen-bond acceptors (Lipinski definition) is 5. The zero-order valence-electron chi connectivity index (χ0n) is 21.7. The van der Waals surface area contributed by atoms with Crippen molar-refractivity contribution in [1.82, 2.24) is 0 Å². The highest BCUT2D eigenvalue weighted by atomic mass is 31.2. The molecule has 0 spiro atoms. The summed E-state index contributed by atoms with van der Waals surface area (Å²) in [5.74, 6) is -2.52. The quantitative estimate of drug-likeness (QED) is 0.209. The van der Waals surface area contributed by atoms with E-state index in [0.29, 0.717) is 41.6 Å².